The van der Waals surface area contributed by atoms with Crippen molar-refractivity contribution in [1.29, 1.82) is 0 Å². The largest absolute Gasteiger partial charge is 0.402 e. The van der Waals surface area contributed by atoms with Gasteiger partial charge in [0.15, 0.2) is 17.3 Å². The third kappa shape index (κ3) is 4.24. The topological polar surface area (TPSA) is 145 Å². The number of nitrogens with zero attached hydrogens (tertiary/aromatic N) is 3. The Morgan fingerprint density at radius 2 is 1.94 bits per heavy atom. The normalized spacial score (nSPS) is 13.6. The van der Waals surface area contributed by atoms with Crippen LogP contribution in [0.15, 0.2) is 35.4 Å². The van der Waals surface area contributed by atoms with Crippen molar-refractivity contribution < 1.29 is 27.5 Å². The lowest BCUT2D eigenvalue weighted by atomic mass is 10.0. The number of alkyl halides is 2. The van der Waals surface area contributed by atoms with Crippen LogP contribution in [0.4, 0.5) is 14.7 Å². The van der Waals surface area contributed by atoms with Gasteiger partial charge in [0.2, 0.25) is 5.95 Å². The average Bonchev–Trinajstić information content (AvgIpc) is 3.11. The highest BCUT2D eigenvalue weighted by molar-refractivity contribution is 7.55. The number of imidazole rings is 1. The molecular weight excluding hydrogens is 435 g/mol. The molecule has 31 heavy (non-hydrogen) atoms. The second-order valence-corrected chi connectivity index (χ2v) is 8.63. The number of nitrogens with two attached hydrogens (primary N) is 1. The number of nitrogen functional groups attached to an aromatic ring is 1. The zero-order chi connectivity index (χ0) is 22.8. The first-order valence-corrected chi connectivity index (χ1v) is 10.9. The van der Waals surface area contributed by atoms with E-state index in [1.807, 2.05) is 0 Å². The summed E-state index contributed by atoms with van der Waals surface area (Å²) in [5.74, 6) is -0.131. The smallest absolute Gasteiger partial charge is 0.381 e. The molecule has 2 heterocycles. The number of aromatic amines is 1. The number of fused-ring (bicyclic) bond motifs is 1. The van der Waals surface area contributed by atoms with Crippen molar-refractivity contribution in [3.8, 4) is 0 Å². The quantitative estimate of drug-likeness (QED) is 0.416. The van der Waals surface area contributed by atoms with Crippen molar-refractivity contribution in [2.24, 2.45) is 0 Å². The summed E-state index contributed by atoms with van der Waals surface area (Å²) in [6.07, 6.45) is -1.18. The Kier molecular flexibility index (Phi) is 6.56. The van der Waals surface area contributed by atoms with Gasteiger partial charge in [-0.25, -0.2) is 4.98 Å². The van der Waals surface area contributed by atoms with Crippen molar-refractivity contribution in [3.63, 3.8) is 0 Å². The molecule has 0 aliphatic carbocycles. The highest BCUT2D eigenvalue weighted by Gasteiger charge is 2.59. The monoisotopic (exact) mass is 457 g/mol. The summed E-state index contributed by atoms with van der Waals surface area (Å²) in [7, 11) is -4.96. The molecule has 0 saturated heterocycles. The van der Waals surface area contributed by atoms with Crippen LogP contribution in [0.2, 0.25) is 0 Å². The molecule has 0 spiro atoms. The molecule has 3 rings (SSSR count). The highest BCUT2D eigenvalue weighted by Crippen LogP contribution is 2.66. The molecule has 13 heteroatoms. The van der Waals surface area contributed by atoms with Crippen molar-refractivity contribution in [3.05, 3.63) is 52.1 Å². The fourth-order valence-corrected chi connectivity index (χ4v) is 4.64. The molecule has 0 aliphatic heterocycles. The van der Waals surface area contributed by atoms with Crippen LogP contribution in [-0.2, 0) is 20.2 Å². The third-order valence-corrected chi connectivity index (χ3v) is 6.65. The number of hydrogen-bond donors (Lipinski definition) is 3. The molecule has 2 aromatic heterocycles. The summed E-state index contributed by atoms with van der Waals surface area (Å²) < 4.78 is 53.8. The Balaban J connectivity index is 2.02. The van der Waals surface area contributed by atoms with Crippen molar-refractivity contribution in [2.45, 2.75) is 32.2 Å². The zero-order valence-corrected chi connectivity index (χ0v) is 17.7. The first-order chi connectivity index (χ1) is 14.6. The molecular formula is C18H22F2N5O5P. The predicted octanol–water partition coefficient (Wildman–Crippen LogP) is 2.64. The van der Waals surface area contributed by atoms with E-state index < -0.39 is 24.9 Å². The molecule has 10 nitrogen and oxygen atoms in total. The van der Waals surface area contributed by atoms with Crippen molar-refractivity contribution in [1.82, 2.24) is 19.5 Å². The maximum Gasteiger partial charge on any atom is 0.402 e. The molecule has 4 N–H and O–H groups in total. The number of rotatable bonds is 9. The third-order valence-electron chi connectivity index (χ3n) is 4.48. The lowest BCUT2D eigenvalue weighted by molar-refractivity contribution is -0.0680. The van der Waals surface area contributed by atoms with E-state index in [0.29, 0.717) is 0 Å². The number of halogens is 2. The SMILES string of the molecule is CCOP(=O)(OCC)C(F)(F)C(O)c1ccccc1Cn1cnc2c(=O)[nH]c(N)nc21. The molecule has 0 saturated carbocycles. The Labute approximate surface area is 175 Å². The summed E-state index contributed by atoms with van der Waals surface area (Å²) in [5.41, 5.74) is 1.06. The van der Waals surface area contributed by atoms with Crippen molar-refractivity contribution >= 4 is 24.7 Å². The second-order valence-electron chi connectivity index (χ2n) is 6.52. The number of nitrogens with one attached hydrogen (secondary N) is 1. The van der Waals surface area contributed by atoms with Crippen LogP contribution in [0.3, 0.4) is 0 Å². The minimum absolute atomic E-state index is 0.0229. The number of aliphatic hydroxyl groups excluding tert-OH is 1. The van der Waals surface area contributed by atoms with E-state index >= 15 is 8.78 Å². The van der Waals surface area contributed by atoms with Crippen LogP contribution >= 0.6 is 7.60 Å². The van der Waals surface area contributed by atoms with Gasteiger partial charge in [-0.05, 0) is 25.0 Å². The molecule has 0 bridgehead atoms. The number of anilines is 1. The summed E-state index contributed by atoms with van der Waals surface area (Å²) in [5, 5.41) is 10.6. The van der Waals surface area contributed by atoms with E-state index in [1.54, 1.807) is 6.07 Å². The van der Waals surface area contributed by atoms with Crippen LogP contribution in [-0.4, -0.2) is 43.5 Å². The van der Waals surface area contributed by atoms with Crippen LogP contribution in [0.5, 0.6) is 0 Å². The van der Waals surface area contributed by atoms with Gasteiger partial charge in [0.1, 0.15) is 0 Å². The summed E-state index contributed by atoms with van der Waals surface area (Å²) in [4.78, 5) is 22.3. The van der Waals surface area contributed by atoms with Gasteiger partial charge in [-0.1, -0.05) is 24.3 Å². The van der Waals surface area contributed by atoms with E-state index in [4.69, 9.17) is 14.8 Å². The van der Waals surface area contributed by atoms with Crippen LogP contribution in [0, 0.1) is 0 Å². The van der Waals surface area contributed by atoms with Gasteiger partial charge in [-0.15, -0.1) is 0 Å². The Bertz CT molecular complexity index is 1170. The van der Waals surface area contributed by atoms with E-state index in [1.165, 1.54) is 42.9 Å². The number of aliphatic hydroxyl groups is 1. The van der Waals surface area contributed by atoms with Crippen LogP contribution in [0.25, 0.3) is 11.2 Å². The van der Waals surface area contributed by atoms with E-state index in [0.717, 1.165) is 0 Å². The fraction of sp³-hybridized carbons (Fsp3) is 0.389. The van der Waals surface area contributed by atoms with E-state index in [9.17, 15) is 14.5 Å². The molecule has 0 aliphatic rings. The molecule has 1 aromatic carbocycles. The van der Waals surface area contributed by atoms with Gasteiger partial charge in [-0.2, -0.15) is 13.8 Å². The van der Waals surface area contributed by atoms with Crippen LogP contribution < -0.4 is 11.3 Å². The minimum atomic E-state index is -4.96. The van der Waals surface area contributed by atoms with Gasteiger partial charge in [-0.3, -0.25) is 14.3 Å². The van der Waals surface area contributed by atoms with Gasteiger partial charge in [0.25, 0.3) is 5.56 Å². The van der Waals surface area contributed by atoms with Gasteiger partial charge in [0, 0.05) is 0 Å². The average molecular weight is 457 g/mol. The molecule has 1 atom stereocenters. The first-order valence-electron chi connectivity index (χ1n) is 9.38. The van der Waals surface area contributed by atoms with Crippen LogP contribution in [0.1, 0.15) is 31.1 Å². The number of benzene rings is 1. The van der Waals surface area contributed by atoms with Crippen molar-refractivity contribution in [2.75, 3.05) is 18.9 Å². The molecule has 0 radical (unpaired) electrons. The Hall–Kier alpha value is -2.66. The Morgan fingerprint density at radius 1 is 1.29 bits per heavy atom. The first kappa shape index (κ1) is 23.0. The maximum absolute atomic E-state index is 15.1. The second kappa shape index (κ2) is 8.83. The summed E-state index contributed by atoms with van der Waals surface area (Å²) in [6, 6.07) is 5.83. The van der Waals surface area contributed by atoms with Gasteiger partial charge >= 0.3 is 13.3 Å². The van der Waals surface area contributed by atoms with Gasteiger partial charge < -0.3 is 24.5 Å². The lowest BCUT2D eigenvalue weighted by Crippen LogP contribution is -2.29. The van der Waals surface area contributed by atoms with Gasteiger partial charge in [0.05, 0.1) is 26.1 Å². The highest BCUT2D eigenvalue weighted by atomic mass is 31.2. The standard InChI is InChI=1S/C18H22F2N5O5P/c1-3-29-31(28,30-4-2)18(19,20)14(26)12-8-6-5-7-11(12)9-25-10-22-13-15(25)23-17(21)24-16(13)27/h5-8,10,14,26H,3-4,9H2,1-2H3,(H3,21,23,24,27). The minimum Gasteiger partial charge on any atom is -0.381 e. The fourth-order valence-electron chi connectivity index (χ4n) is 3.10. The zero-order valence-electron chi connectivity index (χ0n) is 16.8. The molecule has 3 aromatic rings. The summed E-state index contributed by atoms with van der Waals surface area (Å²) >= 11 is 0. The van der Waals surface area contributed by atoms with E-state index in [-0.39, 0.29) is 48.0 Å². The van der Waals surface area contributed by atoms with E-state index in [2.05, 4.69) is 15.0 Å². The predicted molar refractivity (Wildman–Crippen MR) is 109 cm³/mol. The molecule has 0 amide bonds. The molecule has 1 unspecified atom stereocenters. The number of H-pyrrole nitrogens is 1. The molecule has 168 valence electrons. The lowest BCUT2D eigenvalue weighted by Gasteiger charge is -2.30. The number of hydrogen-bond acceptors (Lipinski definition) is 8. The molecule has 0 fully saturated rings. The summed E-state index contributed by atoms with van der Waals surface area (Å²) in [6.45, 7) is 2.15. The Morgan fingerprint density at radius 3 is 2.58 bits per heavy atom. The maximum atomic E-state index is 15.1. The number of aromatic nitrogens is 4.